The smallest absolute Gasteiger partial charge is 0.254 e. The van der Waals surface area contributed by atoms with E-state index in [-0.39, 0.29) is 30.5 Å². The van der Waals surface area contributed by atoms with Crippen molar-refractivity contribution in [3.8, 4) is 23.0 Å². The Morgan fingerprint density at radius 2 is 1.60 bits per heavy atom. The molecule has 35 heavy (non-hydrogen) atoms. The number of carbonyl (C=O) groups excluding carboxylic acids is 1. The Kier molecular flexibility index (Phi) is 7.44. The van der Waals surface area contributed by atoms with Gasteiger partial charge >= 0.3 is 0 Å². The van der Waals surface area contributed by atoms with Crippen LogP contribution < -0.4 is 18.9 Å². The molecule has 0 aliphatic carbocycles. The zero-order chi connectivity index (χ0) is 24.9. The number of fused-ring (bicyclic) bond motifs is 1. The normalized spacial score (nSPS) is 14.9. The van der Waals surface area contributed by atoms with Crippen molar-refractivity contribution in [2.45, 2.75) is 32.4 Å². The van der Waals surface area contributed by atoms with Crippen LogP contribution in [0.4, 0.5) is 4.39 Å². The van der Waals surface area contributed by atoms with E-state index in [0.29, 0.717) is 41.5 Å². The van der Waals surface area contributed by atoms with Gasteiger partial charge in [-0.1, -0.05) is 0 Å². The fourth-order valence-electron chi connectivity index (χ4n) is 4.27. The van der Waals surface area contributed by atoms with Crippen LogP contribution >= 0.6 is 0 Å². The van der Waals surface area contributed by atoms with Crippen LogP contribution in [-0.2, 0) is 6.42 Å². The van der Waals surface area contributed by atoms with E-state index >= 15 is 0 Å². The molecule has 0 N–H and O–H groups in total. The van der Waals surface area contributed by atoms with Crippen LogP contribution in [0.3, 0.4) is 0 Å². The molecule has 0 fully saturated rings. The van der Waals surface area contributed by atoms with Crippen molar-refractivity contribution in [3.05, 3.63) is 83.2 Å². The van der Waals surface area contributed by atoms with Crippen molar-refractivity contribution in [3.63, 3.8) is 0 Å². The molecule has 1 heterocycles. The molecule has 1 aliphatic rings. The molecule has 0 saturated heterocycles. The zero-order valence-electron chi connectivity index (χ0n) is 20.4. The minimum atomic E-state index is -0.373. The number of benzene rings is 3. The maximum Gasteiger partial charge on any atom is 0.254 e. The standard InChI is InChI=1S/C28H30FNO5/c1-18(2)35-23-9-5-19(6-10-23)28(31)30-14-13-20-15-26(32-3)27(33-4)16-24(20)25(30)17-34-22-11-7-21(29)8-12-22/h5-12,15-16,18,25H,13-14,17H2,1-4H3. The summed E-state index contributed by atoms with van der Waals surface area (Å²) in [5, 5.41) is 0. The molecule has 0 spiro atoms. The predicted molar refractivity (Wildman–Crippen MR) is 131 cm³/mol. The first-order chi connectivity index (χ1) is 16.9. The number of carbonyl (C=O) groups is 1. The molecule has 1 atom stereocenters. The van der Waals surface area contributed by atoms with Crippen molar-refractivity contribution >= 4 is 5.91 Å². The lowest BCUT2D eigenvalue weighted by Crippen LogP contribution is -2.42. The molecular formula is C28H30FNO5. The predicted octanol–water partition coefficient (Wildman–Crippen LogP) is 5.45. The van der Waals surface area contributed by atoms with Crippen LogP contribution in [0.5, 0.6) is 23.0 Å². The number of halogens is 1. The minimum Gasteiger partial charge on any atom is -0.493 e. The Morgan fingerprint density at radius 1 is 0.971 bits per heavy atom. The molecule has 0 radical (unpaired) electrons. The molecule has 0 saturated carbocycles. The van der Waals surface area contributed by atoms with Crippen molar-refractivity contribution in [1.29, 1.82) is 0 Å². The molecule has 1 unspecified atom stereocenters. The highest BCUT2D eigenvalue weighted by atomic mass is 19.1. The molecular weight excluding hydrogens is 449 g/mol. The summed E-state index contributed by atoms with van der Waals surface area (Å²) in [4.78, 5) is 15.4. The van der Waals surface area contributed by atoms with Crippen LogP contribution in [-0.4, -0.2) is 44.3 Å². The molecule has 0 aromatic heterocycles. The fraction of sp³-hybridized carbons (Fsp3) is 0.321. The fourth-order valence-corrected chi connectivity index (χ4v) is 4.27. The Balaban J connectivity index is 1.65. The van der Waals surface area contributed by atoms with E-state index in [1.165, 1.54) is 12.1 Å². The summed E-state index contributed by atoms with van der Waals surface area (Å²) in [6.45, 7) is 4.63. The molecule has 3 aromatic rings. The van der Waals surface area contributed by atoms with Gasteiger partial charge in [-0.2, -0.15) is 0 Å². The highest BCUT2D eigenvalue weighted by Crippen LogP contribution is 2.39. The van der Waals surface area contributed by atoms with Crippen molar-refractivity contribution in [1.82, 2.24) is 4.90 Å². The topological polar surface area (TPSA) is 57.2 Å². The van der Waals surface area contributed by atoms with Crippen molar-refractivity contribution in [2.75, 3.05) is 27.4 Å². The van der Waals surface area contributed by atoms with E-state index in [2.05, 4.69) is 0 Å². The van der Waals surface area contributed by atoms with Crippen LogP contribution in [0, 0.1) is 5.82 Å². The first-order valence-corrected chi connectivity index (χ1v) is 11.6. The highest BCUT2D eigenvalue weighted by molar-refractivity contribution is 5.95. The average Bonchev–Trinajstić information content (AvgIpc) is 2.87. The average molecular weight is 480 g/mol. The molecule has 0 bridgehead atoms. The van der Waals surface area contributed by atoms with E-state index in [4.69, 9.17) is 18.9 Å². The lowest BCUT2D eigenvalue weighted by atomic mass is 9.91. The van der Waals surface area contributed by atoms with Gasteiger partial charge < -0.3 is 23.8 Å². The first-order valence-electron chi connectivity index (χ1n) is 11.6. The second-order valence-electron chi connectivity index (χ2n) is 8.63. The van der Waals surface area contributed by atoms with Gasteiger partial charge in [0, 0.05) is 12.1 Å². The van der Waals surface area contributed by atoms with E-state index in [1.807, 2.05) is 43.0 Å². The number of hydrogen-bond acceptors (Lipinski definition) is 5. The summed E-state index contributed by atoms with van der Waals surface area (Å²) in [6.07, 6.45) is 0.721. The van der Waals surface area contributed by atoms with E-state index in [1.54, 1.807) is 38.5 Å². The van der Waals surface area contributed by atoms with Crippen LogP contribution in [0.2, 0.25) is 0 Å². The summed E-state index contributed by atoms with van der Waals surface area (Å²) in [5.74, 6) is 2.04. The van der Waals surface area contributed by atoms with Gasteiger partial charge in [0.05, 0.1) is 26.4 Å². The number of methoxy groups -OCH3 is 2. The maximum absolute atomic E-state index is 13.6. The number of hydrogen-bond donors (Lipinski definition) is 0. The highest BCUT2D eigenvalue weighted by Gasteiger charge is 2.33. The zero-order valence-corrected chi connectivity index (χ0v) is 20.4. The summed E-state index contributed by atoms with van der Waals surface area (Å²) < 4.78 is 36.1. The molecule has 184 valence electrons. The maximum atomic E-state index is 13.6. The molecule has 1 amide bonds. The third kappa shape index (κ3) is 5.50. The van der Waals surface area contributed by atoms with Gasteiger partial charge in [0.2, 0.25) is 0 Å². The summed E-state index contributed by atoms with van der Waals surface area (Å²) in [6, 6.07) is 16.5. The van der Waals surface area contributed by atoms with Gasteiger partial charge in [-0.15, -0.1) is 0 Å². The Hall–Kier alpha value is -3.74. The van der Waals surface area contributed by atoms with Crippen molar-refractivity contribution in [2.24, 2.45) is 0 Å². The summed E-state index contributed by atoms with van der Waals surface area (Å²) in [5.41, 5.74) is 2.57. The summed E-state index contributed by atoms with van der Waals surface area (Å²) in [7, 11) is 3.19. The Morgan fingerprint density at radius 3 is 2.23 bits per heavy atom. The first kappa shape index (κ1) is 24.4. The van der Waals surface area contributed by atoms with Crippen LogP contribution in [0.15, 0.2) is 60.7 Å². The van der Waals surface area contributed by atoms with Crippen LogP contribution in [0.25, 0.3) is 0 Å². The number of amides is 1. The monoisotopic (exact) mass is 479 g/mol. The third-order valence-corrected chi connectivity index (χ3v) is 5.96. The van der Waals surface area contributed by atoms with E-state index in [0.717, 1.165) is 11.1 Å². The Bertz CT molecular complexity index is 1160. The van der Waals surface area contributed by atoms with Gasteiger partial charge in [-0.05, 0) is 92.1 Å². The van der Waals surface area contributed by atoms with Gasteiger partial charge in [-0.3, -0.25) is 4.79 Å². The largest absolute Gasteiger partial charge is 0.493 e. The Labute approximate surface area is 205 Å². The SMILES string of the molecule is COc1cc2c(cc1OC)C(COc1ccc(F)cc1)N(C(=O)c1ccc(OC(C)C)cc1)CC2. The van der Waals surface area contributed by atoms with Crippen molar-refractivity contribution < 1.29 is 28.1 Å². The van der Waals surface area contributed by atoms with E-state index in [9.17, 15) is 9.18 Å². The summed E-state index contributed by atoms with van der Waals surface area (Å²) >= 11 is 0. The number of ether oxygens (including phenoxy) is 4. The van der Waals surface area contributed by atoms with Crippen LogP contribution in [0.1, 0.15) is 41.4 Å². The third-order valence-electron chi connectivity index (χ3n) is 5.96. The van der Waals surface area contributed by atoms with Gasteiger partial charge in [0.25, 0.3) is 5.91 Å². The number of nitrogens with zero attached hydrogens (tertiary/aromatic N) is 1. The quantitative estimate of drug-likeness (QED) is 0.430. The lowest BCUT2D eigenvalue weighted by Gasteiger charge is -2.37. The molecule has 7 heteroatoms. The second kappa shape index (κ2) is 10.7. The molecule has 3 aromatic carbocycles. The van der Waals surface area contributed by atoms with Gasteiger partial charge in [-0.25, -0.2) is 4.39 Å². The van der Waals surface area contributed by atoms with Gasteiger partial charge in [0.15, 0.2) is 11.5 Å². The minimum absolute atomic E-state index is 0.0510. The molecule has 4 rings (SSSR count). The van der Waals surface area contributed by atoms with E-state index < -0.39 is 0 Å². The molecule has 1 aliphatic heterocycles. The van der Waals surface area contributed by atoms with Gasteiger partial charge in [0.1, 0.15) is 23.9 Å². The second-order valence-corrected chi connectivity index (χ2v) is 8.63. The number of rotatable bonds is 8. The molecule has 6 nitrogen and oxygen atoms in total. The lowest BCUT2D eigenvalue weighted by molar-refractivity contribution is 0.0589.